The number of hydrogen-bond acceptors (Lipinski definition) is 1. The molecule has 0 radical (unpaired) electrons. The standard InChI is InChI=1S/C13H13Cl2N/c1-3-4-10(8-16)13(15)12-6-5-11(14)7-9(12)2/h5-7H,3-4H2,1-2H3/b13-10-. The molecule has 0 aliphatic heterocycles. The normalized spacial score (nSPS) is 11.9. The van der Waals surface area contributed by atoms with Gasteiger partial charge in [-0.05, 0) is 36.6 Å². The van der Waals surface area contributed by atoms with E-state index in [0.717, 1.165) is 17.5 Å². The minimum atomic E-state index is 0.540. The molecule has 0 amide bonds. The van der Waals surface area contributed by atoms with Crippen molar-refractivity contribution in [3.05, 3.63) is 39.9 Å². The maximum Gasteiger partial charge on any atom is 0.0962 e. The van der Waals surface area contributed by atoms with Crippen LogP contribution in [-0.2, 0) is 0 Å². The molecule has 3 heteroatoms. The van der Waals surface area contributed by atoms with Crippen molar-refractivity contribution in [1.82, 2.24) is 0 Å². The number of rotatable bonds is 3. The third-order valence-corrected chi connectivity index (χ3v) is 2.99. The van der Waals surface area contributed by atoms with E-state index < -0.39 is 0 Å². The average molecular weight is 254 g/mol. The van der Waals surface area contributed by atoms with Gasteiger partial charge in [-0.15, -0.1) is 0 Å². The molecule has 1 aromatic rings. The van der Waals surface area contributed by atoms with Crippen molar-refractivity contribution in [1.29, 1.82) is 5.26 Å². The molecule has 0 heterocycles. The fourth-order valence-electron chi connectivity index (χ4n) is 1.50. The van der Waals surface area contributed by atoms with E-state index in [1.165, 1.54) is 0 Å². The van der Waals surface area contributed by atoms with Crippen LogP contribution in [0.3, 0.4) is 0 Å². The van der Waals surface area contributed by atoms with Crippen molar-refractivity contribution in [2.24, 2.45) is 0 Å². The molecule has 84 valence electrons. The van der Waals surface area contributed by atoms with Gasteiger partial charge in [0.15, 0.2) is 0 Å². The molecular formula is C13H13Cl2N. The zero-order valence-electron chi connectivity index (χ0n) is 9.35. The van der Waals surface area contributed by atoms with Gasteiger partial charge in [0.1, 0.15) is 0 Å². The van der Waals surface area contributed by atoms with Crippen LogP contribution in [0, 0.1) is 18.3 Å². The van der Waals surface area contributed by atoms with Crippen LogP contribution in [-0.4, -0.2) is 0 Å². The smallest absolute Gasteiger partial charge is 0.0962 e. The first-order chi connectivity index (χ1) is 7.60. The fourth-order valence-corrected chi connectivity index (χ4v) is 2.08. The van der Waals surface area contributed by atoms with E-state index in [1.54, 1.807) is 6.07 Å². The molecule has 0 fully saturated rings. The first kappa shape index (κ1) is 13.1. The van der Waals surface area contributed by atoms with E-state index in [1.807, 2.05) is 26.0 Å². The second-order valence-corrected chi connectivity index (χ2v) is 4.43. The molecule has 0 N–H and O–H groups in total. The Morgan fingerprint density at radius 2 is 2.12 bits per heavy atom. The van der Waals surface area contributed by atoms with Gasteiger partial charge in [-0.2, -0.15) is 5.26 Å². The summed E-state index contributed by atoms with van der Waals surface area (Å²) < 4.78 is 0. The SMILES string of the molecule is CCC/C(C#N)=C(/Cl)c1ccc(Cl)cc1C. The van der Waals surface area contributed by atoms with Crippen molar-refractivity contribution in [2.75, 3.05) is 0 Å². The van der Waals surface area contributed by atoms with Gasteiger partial charge in [0.2, 0.25) is 0 Å². The van der Waals surface area contributed by atoms with E-state index in [-0.39, 0.29) is 0 Å². The molecule has 0 aromatic heterocycles. The van der Waals surface area contributed by atoms with Gasteiger partial charge in [0.25, 0.3) is 0 Å². The lowest BCUT2D eigenvalue weighted by molar-refractivity contribution is 0.933. The van der Waals surface area contributed by atoms with Crippen LogP contribution in [0.5, 0.6) is 0 Å². The lowest BCUT2D eigenvalue weighted by Gasteiger charge is -2.07. The molecule has 0 unspecified atom stereocenters. The van der Waals surface area contributed by atoms with E-state index in [4.69, 9.17) is 28.5 Å². The summed E-state index contributed by atoms with van der Waals surface area (Å²) in [5.41, 5.74) is 2.51. The second kappa shape index (κ2) is 5.94. The molecule has 0 aliphatic carbocycles. The molecule has 1 rings (SSSR count). The minimum Gasteiger partial charge on any atom is -0.193 e. The van der Waals surface area contributed by atoms with E-state index in [0.29, 0.717) is 22.0 Å². The van der Waals surface area contributed by atoms with Gasteiger partial charge >= 0.3 is 0 Å². The summed E-state index contributed by atoms with van der Waals surface area (Å²) >= 11 is 12.1. The van der Waals surface area contributed by atoms with Crippen molar-refractivity contribution in [3.8, 4) is 6.07 Å². The number of nitrogens with zero attached hydrogens (tertiary/aromatic N) is 1. The van der Waals surface area contributed by atoms with Crippen molar-refractivity contribution < 1.29 is 0 Å². The van der Waals surface area contributed by atoms with Crippen LogP contribution in [0.1, 0.15) is 30.9 Å². The number of halogens is 2. The third kappa shape index (κ3) is 3.01. The Balaban J connectivity index is 3.22. The largest absolute Gasteiger partial charge is 0.193 e. The number of hydrogen-bond donors (Lipinski definition) is 0. The number of benzene rings is 1. The molecule has 0 spiro atoms. The summed E-state index contributed by atoms with van der Waals surface area (Å²) in [7, 11) is 0. The van der Waals surface area contributed by atoms with Crippen molar-refractivity contribution >= 4 is 28.2 Å². The molecule has 0 saturated carbocycles. The Bertz CT molecular complexity index is 455. The van der Waals surface area contributed by atoms with Gasteiger partial charge in [0, 0.05) is 10.6 Å². The van der Waals surface area contributed by atoms with Gasteiger partial charge < -0.3 is 0 Å². The van der Waals surface area contributed by atoms with E-state index in [9.17, 15) is 0 Å². The highest BCUT2D eigenvalue weighted by Crippen LogP contribution is 2.29. The molecule has 0 saturated heterocycles. The highest BCUT2D eigenvalue weighted by molar-refractivity contribution is 6.49. The van der Waals surface area contributed by atoms with Crippen LogP contribution < -0.4 is 0 Å². The van der Waals surface area contributed by atoms with Gasteiger partial charge in [-0.1, -0.05) is 42.6 Å². The lowest BCUT2D eigenvalue weighted by Crippen LogP contribution is -1.89. The summed E-state index contributed by atoms with van der Waals surface area (Å²) in [6.07, 6.45) is 1.61. The molecule has 1 aromatic carbocycles. The van der Waals surface area contributed by atoms with Crippen LogP contribution >= 0.6 is 23.2 Å². The summed E-state index contributed by atoms with van der Waals surface area (Å²) in [5, 5.41) is 10.2. The molecule has 0 bridgehead atoms. The predicted octanol–water partition coefficient (Wildman–Crippen LogP) is 4.92. The van der Waals surface area contributed by atoms with Crippen molar-refractivity contribution in [2.45, 2.75) is 26.7 Å². The Kier molecular flexibility index (Phi) is 4.86. The lowest BCUT2D eigenvalue weighted by atomic mass is 10.0. The first-order valence-electron chi connectivity index (χ1n) is 5.15. The number of nitriles is 1. The number of allylic oxidation sites excluding steroid dienone is 1. The molecule has 1 nitrogen and oxygen atoms in total. The van der Waals surface area contributed by atoms with Gasteiger partial charge in [-0.25, -0.2) is 0 Å². The maximum atomic E-state index is 9.02. The minimum absolute atomic E-state index is 0.540. The zero-order chi connectivity index (χ0) is 12.1. The Morgan fingerprint density at radius 3 is 2.62 bits per heavy atom. The quantitative estimate of drug-likeness (QED) is 0.702. The fraction of sp³-hybridized carbons (Fsp3) is 0.308. The average Bonchev–Trinajstić information content (AvgIpc) is 2.25. The third-order valence-electron chi connectivity index (χ3n) is 2.32. The summed E-state index contributed by atoms with van der Waals surface area (Å²) in [6, 6.07) is 7.64. The monoisotopic (exact) mass is 253 g/mol. The topological polar surface area (TPSA) is 23.8 Å². The molecule has 0 aliphatic rings. The van der Waals surface area contributed by atoms with Crippen LogP contribution in [0.2, 0.25) is 5.02 Å². The molecule has 0 atom stereocenters. The van der Waals surface area contributed by atoms with Crippen molar-refractivity contribution in [3.63, 3.8) is 0 Å². The second-order valence-electron chi connectivity index (χ2n) is 3.61. The Morgan fingerprint density at radius 1 is 1.44 bits per heavy atom. The van der Waals surface area contributed by atoms with Crippen LogP contribution in [0.25, 0.3) is 5.03 Å². The predicted molar refractivity (Wildman–Crippen MR) is 69.5 cm³/mol. The molecular weight excluding hydrogens is 241 g/mol. The maximum absolute atomic E-state index is 9.02. The van der Waals surface area contributed by atoms with Gasteiger partial charge in [-0.3, -0.25) is 0 Å². The first-order valence-corrected chi connectivity index (χ1v) is 5.91. The van der Waals surface area contributed by atoms with Crippen LogP contribution in [0.4, 0.5) is 0 Å². The zero-order valence-corrected chi connectivity index (χ0v) is 10.9. The number of aryl methyl sites for hydroxylation is 1. The van der Waals surface area contributed by atoms with E-state index >= 15 is 0 Å². The highest BCUT2D eigenvalue weighted by Gasteiger charge is 2.08. The Hall–Kier alpha value is -0.970. The van der Waals surface area contributed by atoms with Crippen LogP contribution in [0.15, 0.2) is 23.8 Å². The Labute approximate surface area is 106 Å². The highest BCUT2D eigenvalue weighted by atomic mass is 35.5. The van der Waals surface area contributed by atoms with Gasteiger partial charge in [0.05, 0.1) is 11.1 Å². The summed E-state index contributed by atoms with van der Waals surface area (Å²) in [5.74, 6) is 0. The summed E-state index contributed by atoms with van der Waals surface area (Å²) in [6.45, 7) is 3.96. The van der Waals surface area contributed by atoms with E-state index in [2.05, 4.69) is 6.07 Å². The molecule has 16 heavy (non-hydrogen) atoms. The summed E-state index contributed by atoms with van der Waals surface area (Å²) in [4.78, 5) is 0.